The van der Waals surface area contributed by atoms with Crippen LogP contribution in [0.1, 0.15) is 34.3 Å². The molecular formula is C14H12Br2N2O3. The molecule has 3 amide bonds. The van der Waals surface area contributed by atoms with Gasteiger partial charge in [0.1, 0.15) is 6.04 Å². The first kappa shape index (κ1) is 14.7. The van der Waals surface area contributed by atoms with Crippen molar-refractivity contribution in [1.82, 2.24) is 10.2 Å². The van der Waals surface area contributed by atoms with Crippen LogP contribution in [-0.2, 0) is 21.5 Å². The number of piperidine rings is 1. The highest BCUT2D eigenvalue weighted by atomic mass is 79.9. The lowest BCUT2D eigenvalue weighted by molar-refractivity contribution is -0.136. The van der Waals surface area contributed by atoms with E-state index in [2.05, 4.69) is 37.2 Å². The molecule has 1 aromatic rings. The summed E-state index contributed by atoms with van der Waals surface area (Å²) < 4.78 is 0.941. The molecule has 0 radical (unpaired) electrons. The minimum atomic E-state index is -0.561. The largest absolute Gasteiger partial charge is 0.322 e. The number of amides is 3. The molecule has 0 spiro atoms. The Hall–Kier alpha value is -1.21. The van der Waals surface area contributed by atoms with E-state index in [1.807, 2.05) is 12.1 Å². The summed E-state index contributed by atoms with van der Waals surface area (Å²) in [7, 11) is 0. The summed E-state index contributed by atoms with van der Waals surface area (Å²) in [6, 6.07) is 3.21. The molecular weight excluding hydrogens is 404 g/mol. The van der Waals surface area contributed by atoms with Crippen LogP contribution in [0.5, 0.6) is 0 Å². The monoisotopic (exact) mass is 414 g/mol. The van der Waals surface area contributed by atoms with E-state index in [0.29, 0.717) is 23.9 Å². The van der Waals surface area contributed by atoms with Crippen molar-refractivity contribution in [3.63, 3.8) is 0 Å². The van der Waals surface area contributed by atoms with E-state index in [9.17, 15) is 14.4 Å². The van der Waals surface area contributed by atoms with E-state index in [1.54, 1.807) is 4.90 Å². The molecule has 1 fully saturated rings. The standard InChI is InChI=1S/C14H12Br2N2O3/c15-5-7-3-9-8(4-10(7)16)6-18(14(9)21)11-1-2-12(19)17-13(11)20/h3-4,11H,1-2,5-6H2,(H,17,19,20). The second-order valence-electron chi connectivity index (χ2n) is 5.13. The molecule has 5 nitrogen and oxygen atoms in total. The Bertz CT molecular complexity index is 660. The van der Waals surface area contributed by atoms with Crippen molar-refractivity contribution < 1.29 is 14.4 Å². The second kappa shape index (κ2) is 5.53. The first-order valence-electron chi connectivity index (χ1n) is 6.53. The highest BCUT2D eigenvalue weighted by molar-refractivity contribution is 9.10. The summed E-state index contributed by atoms with van der Waals surface area (Å²) in [5.41, 5.74) is 2.53. The Kier molecular flexibility index (Phi) is 3.88. The fourth-order valence-electron chi connectivity index (χ4n) is 2.73. The minimum absolute atomic E-state index is 0.144. The number of nitrogens with zero attached hydrogens (tertiary/aromatic N) is 1. The van der Waals surface area contributed by atoms with Crippen LogP contribution in [0.4, 0.5) is 0 Å². The number of benzene rings is 1. The normalized spacial score (nSPS) is 21.5. The van der Waals surface area contributed by atoms with Crippen molar-refractivity contribution in [2.75, 3.05) is 0 Å². The number of nitrogens with one attached hydrogen (secondary N) is 1. The zero-order chi connectivity index (χ0) is 15.1. The third-order valence-electron chi connectivity index (χ3n) is 3.83. The van der Waals surface area contributed by atoms with Crippen LogP contribution in [0.3, 0.4) is 0 Å². The first-order valence-corrected chi connectivity index (χ1v) is 8.44. The molecule has 1 unspecified atom stereocenters. The van der Waals surface area contributed by atoms with Gasteiger partial charge in [0.2, 0.25) is 11.8 Å². The molecule has 2 aliphatic rings. The average Bonchev–Trinajstić information content (AvgIpc) is 2.74. The van der Waals surface area contributed by atoms with E-state index < -0.39 is 6.04 Å². The SMILES string of the molecule is O=C1CCC(N2Cc3cc(Br)c(CBr)cc3C2=O)C(=O)N1. The fourth-order valence-corrected chi connectivity index (χ4v) is 4.10. The Morgan fingerprint density at radius 3 is 2.71 bits per heavy atom. The van der Waals surface area contributed by atoms with E-state index in [-0.39, 0.29) is 24.1 Å². The zero-order valence-electron chi connectivity index (χ0n) is 11.0. The summed E-state index contributed by atoms with van der Waals surface area (Å²) in [6.45, 7) is 0.404. The predicted octanol–water partition coefficient (Wildman–Crippen LogP) is 2.10. The molecule has 0 aromatic heterocycles. The molecule has 1 aromatic carbocycles. The van der Waals surface area contributed by atoms with Crippen LogP contribution in [0, 0.1) is 0 Å². The van der Waals surface area contributed by atoms with Gasteiger partial charge in [-0.05, 0) is 29.7 Å². The van der Waals surface area contributed by atoms with Crippen LogP contribution >= 0.6 is 31.9 Å². The summed E-state index contributed by atoms with van der Waals surface area (Å²) >= 11 is 6.87. The first-order chi connectivity index (χ1) is 10.0. The lowest BCUT2D eigenvalue weighted by Gasteiger charge is -2.29. The molecule has 0 bridgehead atoms. The van der Waals surface area contributed by atoms with Crippen molar-refractivity contribution in [1.29, 1.82) is 0 Å². The van der Waals surface area contributed by atoms with Gasteiger partial charge >= 0.3 is 0 Å². The Morgan fingerprint density at radius 2 is 2.05 bits per heavy atom. The number of fused-ring (bicyclic) bond motifs is 1. The lowest BCUT2D eigenvalue weighted by atomic mass is 10.0. The molecule has 1 atom stereocenters. The van der Waals surface area contributed by atoms with Crippen molar-refractivity contribution in [2.45, 2.75) is 30.8 Å². The number of alkyl halides is 1. The number of carbonyl (C=O) groups excluding carboxylic acids is 3. The van der Waals surface area contributed by atoms with Gasteiger partial charge in [0.25, 0.3) is 5.91 Å². The number of rotatable bonds is 2. The van der Waals surface area contributed by atoms with E-state index in [4.69, 9.17) is 0 Å². The number of hydrogen-bond donors (Lipinski definition) is 1. The molecule has 0 saturated carbocycles. The number of halogens is 2. The van der Waals surface area contributed by atoms with Crippen LogP contribution in [0.15, 0.2) is 16.6 Å². The summed E-state index contributed by atoms with van der Waals surface area (Å²) in [6.07, 6.45) is 0.656. The Labute approximate surface area is 138 Å². The van der Waals surface area contributed by atoms with Crippen LogP contribution in [-0.4, -0.2) is 28.7 Å². The summed E-state index contributed by atoms with van der Waals surface area (Å²) in [5, 5.41) is 2.94. The smallest absolute Gasteiger partial charge is 0.255 e. The van der Waals surface area contributed by atoms with Gasteiger partial charge in [-0.2, -0.15) is 0 Å². The summed E-state index contributed by atoms with van der Waals surface area (Å²) in [4.78, 5) is 37.2. The van der Waals surface area contributed by atoms with Crippen molar-refractivity contribution in [3.05, 3.63) is 33.3 Å². The molecule has 2 aliphatic heterocycles. The third kappa shape index (κ3) is 2.53. The molecule has 0 aliphatic carbocycles. The number of hydrogen-bond acceptors (Lipinski definition) is 3. The summed E-state index contributed by atoms with van der Waals surface area (Å²) in [5.74, 6) is -0.800. The van der Waals surface area contributed by atoms with Crippen LogP contribution in [0.25, 0.3) is 0 Å². The molecule has 21 heavy (non-hydrogen) atoms. The van der Waals surface area contributed by atoms with Gasteiger partial charge in [-0.3, -0.25) is 19.7 Å². The third-order valence-corrected chi connectivity index (χ3v) is 5.18. The van der Waals surface area contributed by atoms with Crippen LogP contribution in [0.2, 0.25) is 0 Å². The predicted molar refractivity (Wildman–Crippen MR) is 82.8 cm³/mol. The van der Waals surface area contributed by atoms with Gasteiger partial charge in [0, 0.05) is 28.3 Å². The van der Waals surface area contributed by atoms with Gasteiger partial charge in [0.05, 0.1) is 0 Å². The van der Waals surface area contributed by atoms with Crippen molar-refractivity contribution in [2.24, 2.45) is 0 Å². The number of imide groups is 1. The zero-order valence-corrected chi connectivity index (χ0v) is 14.2. The van der Waals surface area contributed by atoms with E-state index >= 15 is 0 Å². The minimum Gasteiger partial charge on any atom is -0.322 e. The molecule has 7 heteroatoms. The molecule has 110 valence electrons. The molecule has 1 N–H and O–H groups in total. The van der Waals surface area contributed by atoms with Crippen molar-refractivity contribution in [3.8, 4) is 0 Å². The maximum Gasteiger partial charge on any atom is 0.255 e. The number of carbonyl (C=O) groups is 3. The van der Waals surface area contributed by atoms with Crippen molar-refractivity contribution >= 4 is 49.6 Å². The van der Waals surface area contributed by atoms with Gasteiger partial charge in [-0.25, -0.2) is 0 Å². The topological polar surface area (TPSA) is 66.5 Å². The molecule has 1 saturated heterocycles. The quantitative estimate of drug-likeness (QED) is 0.594. The highest BCUT2D eigenvalue weighted by Gasteiger charge is 2.39. The Balaban J connectivity index is 1.90. The Morgan fingerprint density at radius 1 is 1.29 bits per heavy atom. The van der Waals surface area contributed by atoms with E-state index in [1.165, 1.54) is 0 Å². The average molecular weight is 416 g/mol. The lowest BCUT2D eigenvalue weighted by Crippen LogP contribution is -2.52. The molecule has 3 rings (SSSR count). The van der Waals surface area contributed by atoms with Gasteiger partial charge < -0.3 is 4.90 Å². The van der Waals surface area contributed by atoms with Gasteiger partial charge in [-0.15, -0.1) is 0 Å². The van der Waals surface area contributed by atoms with Gasteiger partial charge in [-0.1, -0.05) is 31.9 Å². The second-order valence-corrected chi connectivity index (χ2v) is 6.55. The van der Waals surface area contributed by atoms with E-state index in [0.717, 1.165) is 15.6 Å². The maximum atomic E-state index is 12.5. The fraction of sp³-hybridized carbons (Fsp3) is 0.357. The van der Waals surface area contributed by atoms with Crippen LogP contribution < -0.4 is 5.32 Å². The molecule has 2 heterocycles. The maximum absolute atomic E-state index is 12.5. The van der Waals surface area contributed by atoms with Gasteiger partial charge in [0.15, 0.2) is 0 Å². The highest BCUT2D eigenvalue weighted by Crippen LogP contribution is 2.32.